The Kier molecular flexibility index (Phi) is 4.57. The quantitative estimate of drug-likeness (QED) is 0.851. The second kappa shape index (κ2) is 6.38. The molecule has 0 aliphatic heterocycles. The lowest BCUT2D eigenvalue weighted by Gasteiger charge is -2.06. The molecular formula is C13H19N5O. The van der Waals surface area contributed by atoms with Crippen LogP contribution in [0.1, 0.15) is 31.2 Å². The van der Waals surface area contributed by atoms with Gasteiger partial charge in [0.15, 0.2) is 0 Å². The van der Waals surface area contributed by atoms with Gasteiger partial charge in [-0.25, -0.2) is 9.97 Å². The molecule has 0 saturated heterocycles. The van der Waals surface area contributed by atoms with Gasteiger partial charge in [-0.05, 0) is 37.8 Å². The van der Waals surface area contributed by atoms with Crippen LogP contribution in [0.2, 0.25) is 0 Å². The van der Waals surface area contributed by atoms with Crippen molar-refractivity contribution < 1.29 is 4.52 Å². The number of aromatic nitrogens is 4. The second-order valence-corrected chi connectivity index (χ2v) is 4.82. The predicted octanol–water partition coefficient (Wildman–Crippen LogP) is 1.75. The van der Waals surface area contributed by atoms with Crippen LogP contribution in [0, 0.1) is 12.8 Å². The van der Waals surface area contributed by atoms with E-state index in [-0.39, 0.29) is 0 Å². The zero-order valence-corrected chi connectivity index (χ0v) is 11.3. The van der Waals surface area contributed by atoms with Crippen molar-refractivity contribution in [1.29, 1.82) is 0 Å². The van der Waals surface area contributed by atoms with Gasteiger partial charge >= 0.3 is 0 Å². The molecule has 19 heavy (non-hydrogen) atoms. The summed E-state index contributed by atoms with van der Waals surface area (Å²) in [6, 6.07) is 0. The van der Waals surface area contributed by atoms with Crippen molar-refractivity contribution in [2.24, 2.45) is 11.7 Å². The van der Waals surface area contributed by atoms with Gasteiger partial charge in [-0.3, -0.25) is 0 Å². The minimum Gasteiger partial charge on any atom is -0.339 e. The van der Waals surface area contributed by atoms with Crippen LogP contribution in [-0.4, -0.2) is 26.7 Å². The zero-order chi connectivity index (χ0) is 13.7. The molecule has 0 amide bonds. The van der Waals surface area contributed by atoms with Crippen molar-refractivity contribution >= 4 is 0 Å². The van der Waals surface area contributed by atoms with Gasteiger partial charge in [0.05, 0.1) is 0 Å². The number of nitrogens with zero attached hydrogens (tertiary/aromatic N) is 4. The fourth-order valence-electron chi connectivity index (χ4n) is 1.75. The maximum Gasteiger partial charge on any atom is 0.240 e. The van der Waals surface area contributed by atoms with E-state index in [4.69, 9.17) is 10.3 Å². The fraction of sp³-hybridized carbons (Fsp3) is 0.538. The van der Waals surface area contributed by atoms with Crippen LogP contribution < -0.4 is 5.73 Å². The van der Waals surface area contributed by atoms with E-state index in [0.29, 0.717) is 30.0 Å². The van der Waals surface area contributed by atoms with Gasteiger partial charge in [-0.15, -0.1) is 0 Å². The SMILES string of the molecule is Cc1cnc(-c2noc(CCC(C)CCN)n2)nc1. The summed E-state index contributed by atoms with van der Waals surface area (Å²) in [7, 11) is 0. The first kappa shape index (κ1) is 13.6. The summed E-state index contributed by atoms with van der Waals surface area (Å²) < 4.78 is 5.21. The molecule has 0 spiro atoms. The Bertz CT molecular complexity index is 508. The van der Waals surface area contributed by atoms with E-state index >= 15 is 0 Å². The van der Waals surface area contributed by atoms with Gasteiger partial charge in [0, 0.05) is 18.8 Å². The van der Waals surface area contributed by atoms with Gasteiger partial charge in [0.1, 0.15) is 0 Å². The number of aryl methyl sites for hydroxylation is 2. The summed E-state index contributed by atoms with van der Waals surface area (Å²) in [6.45, 7) is 4.82. The predicted molar refractivity (Wildman–Crippen MR) is 71.2 cm³/mol. The summed E-state index contributed by atoms with van der Waals surface area (Å²) in [5, 5.41) is 3.90. The third kappa shape index (κ3) is 3.82. The third-order valence-corrected chi connectivity index (χ3v) is 2.96. The molecule has 0 aliphatic rings. The van der Waals surface area contributed by atoms with Gasteiger partial charge in [0.2, 0.25) is 17.5 Å². The molecule has 0 fully saturated rings. The highest BCUT2D eigenvalue weighted by atomic mass is 16.5. The molecule has 2 aromatic heterocycles. The monoisotopic (exact) mass is 261 g/mol. The summed E-state index contributed by atoms with van der Waals surface area (Å²) in [6.07, 6.45) is 6.25. The van der Waals surface area contributed by atoms with Crippen LogP contribution in [0.25, 0.3) is 11.6 Å². The highest BCUT2D eigenvalue weighted by Crippen LogP contribution is 2.14. The molecule has 0 radical (unpaired) electrons. The van der Waals surface area contributed by atoms with Crippen LogP contribution in [0.15, 0.2) is 16.9 Å². The van der Waals surface area contributed by atoms with E-state index < -0.39 is 0 Å². The molecule has 6 nitrogen and oxygen atoms in total. The molecule has 0 aliphatic carbocycles. The number of nitrogens with two attached hydrogens (primary N) is 1. The Labute approximate surface area is 112 Å². The van der Waals surface area contributed by atoms with E-state index in [9.17, 15) is 0 Å². The molecule has 0 bridgehead atoms. The maximum absolute atomic E-state index is 5.52. The molecule has 2 aromatic rings. The smallest absolute Gasteiger partial charge is 0.240 e. The van der Waals surface area contributed by atoms with Gasteiger partial charge < -0.3 is 10.3 Å². The first-order valence-electron chi connectivity index (χ1n) is 6.50. The van der Waals surface area contributed by atoms with E-state index in [1.165, 1.54) is 0 Å². The molecule has 0 saturated carbocycles. The number of hydrogen-bond acceptors (Lipinski definition) is 6. The van der Waals surface area contributed by atoms with Gasteiger partial charge in [-0.2, -0.15) is 4.98 Å². The van der Waals surface area contributed by atoms with Crippen LogP contribution in [0.4, 0.5) is 0 Å². The average molecular weight is 261 g/mol. The normalized spacial score (nSPS) is 12.6. The first-order valence-corrected chi connectivity index (χ1v) is 6.50. The van der Waals surface area contributed by atoms with Gasteiger partial charge in [-0.1, -0.05) is 12.1 Å². The molecule has 2 N–H and O–H groups in total. The minimum atomic E-state index is 0.446. The molecule has 2 rings (SSSR count). The van der Waals surface area contributed by atoms with Crippen molar-refractivity contribution in [2.45, 2.75) is 33.1 Å². The number of hydrogen-bond donors (Lipinski definition) is 1. The topological polar surface area (TPSA) is 90.7 Å². The van der Waals surface area contributed by atoms with E-state index in [1.54, 1.807) is 12.4 Å². The Hall–Kier alpha value is -1.82. The molecule has 1 unspecified atom stereocenters. The lowest BCUT2D eigenvalue weighted by molar-refractivity contribution is 0.362. The lowest BCUT2D eigenvalue weighted by atomic mass is 10.0. The molecular weight excluding hydrogens is 242 g/mol. The Morgan fingerprint density at radius 1 is 1.21 bits per heavy atom. The largest absolute Gasteiger partial charge is 0.339 e. The molecule has 102 valence electrons. The molecule has 6 heteroatoms. The van der Waals surface area contributed by atoms with Gasteiger partial charge in [0.25, 0.3) is 0 Å². The van der Waals surface area contributed by atoms with E-state index in [1.807, 2.05) is 6.92 Å². The fourth-order valence-corrected chi connectivity index (χ4v) is 1.75. The standard InChI is InChI=1S/C13H19N5O/c1-9(5-6-14)3-4-11-17-13(18-19-11)12-15-7-10(2)8-16-12/h7-9H,3-6,14H2,1-2H3. The van der Waals surface area contributed by atoms with Crippen molar-refractivity contribution in [1.82, 2.24) is 20.1 Å². The second-order valence-electron chi connectivity index (χ2n) is 4.82. The highest BCUT2D eigenvalue weighted by molar-refractivity contribution is 5.40. The van der Waals surface area contributed by atoms with Crippen LogP contribution >= 0.6 is 0 Å². The van der Waals surface area contributed by atoms with Crippen molar-refractivity contribution in [3.05, 3.63) is 23.8 Å². The van der Waals surface area contributed by atoms with Crippen molar-refractivity contribution in [3.8, 4) is 11.6 Å². The average Bonchev–Trinajstić information content (AvgIpc) is 2.86. The first-order chi connectivity index (χ1) is 9.19. The Morgan fingerprint density at radius 2 is 1.95 bits per heavy atom. The lowest BCUT2D eigenvalue weighted by Crippen LogP contribution is -2.06. The minimum absolute atomic E-state index is 0.446. The van der Waals surface area contributed by atoms with Crippen LogP contribution in [-0.2, 0) is 6.42 Å². The third-order valence-electron chi connectivity index (χ3n) is 2.96. The van der Waals surface area contributed by atoms with E-state index in [0.717, 1.165) is 24.8 Å². The summed E-state index contributed by atoms with van der Waals surface area (Å²) >= 11 is 0. The van der Waals surface area contributed by atoms with E-state index in [2.05, 4.69) is 27.0 Å². The summed E-state index contributed by atoms with van der Waals surface area (Å²) in [5.41, 5.74) is 6.53. The summed E-state index contributed by atoms with van der Waals surface area (Å²) in [4.78, 5) is 12.7. The van der Waals surface area contributed by atoms with Crippen molar-refractivity contribution in [3.63, 3.8) is 0 Å². The zero-order valence-electron chi connectivity index (χ0n) is 11.3. The van der Waals surface area contributed by atoms with Crippen LogP contribution in [0.3, 0.4) is 0 Å². The number of rotatable bonds is 6. The Morgan fingerprint density at radius 3 is 2.63 bits per heavy atom. The van der Waals surface area contributed by atoms with Crippen LogP contribution in [0.5, 0.6) is 0 Å². The molecule has 2 heterocycles. The van der Waals surface area contributed by atoms with Crippen molar-refractivity contribution in [2.75, 3.05) is 6.54 Å². The summed E-state index contributed by atoms with van der Waals surface area (Å²) in [5.74, 6) is 2.14. The highest BCUT2D eigenvalue weighted by Gasteiger charge is 2.12. The molecule has 0 aromatic carbocycles. The molecule has 1 atom stereocenters. The maximum atomic E-state index is 5.52. The Balaban J connectivity index is 1.97.